The second-order valence-electron chi connectivity index (χ2n) is 5.85. The summed E-state index contributed by atoms with van der Waals surface area (Å²) in [5.41, 5.74) is 2.26. The third-order valence-electron chi connectivity index (χ3n) is 4.11. The van der Waals surface area contributed by atoms with Crippen LogP contribution in [-0.4, -0.2) is 8.51 Å². The maximum Gasteiger partial charge on any atom is 0.128 e. The monoisotopic (exact) mass is 369 g/mol. The SMILES string of the molecule is C[C@H](c1ccccc1)N(Cc1ccccc1)S(=O)c1cccc(Cl)c1. The van der Waals surface area contributed by atoms with Crippen molar-refractivity contribution in [1.29, 1.82) is 0 Å². The van der Waals surface area contributed by atoms with Gasteiger partial charge in [-0.15, -0.1) is 0 Å². The lowest BCUT2D eigenvalue weighted by Gasteiger charge is -2.28. The molecule has 1 unspecified atom stereocenters. The maximum atomic E-state index is 13.3. The number of halogens is 1. The van der Waals surface area contributed by atoms with Crippen LogP contribution >= 0.6 is 11.6 Å². The number of hydrogen-bond acceptors (Lipinski definition) is 1. The highest BCUT2D eigenvalue weighted by atomic mass is 35.5. The summed E-state index contributed by atoms with van der Waals surface area (Å²) in [5.74, 6) is 0. The molecule has 0 fully saturated rings. The Morgan fingerprint density at radius 2 is 1.56 bits per heavy atom. The Labute approximate surface area is 156 Å². The lowest BCUT2D eigenvalue weighted by atomic mass is 10.1. The zero-order chi connectivity index (χ0) is 17.6. The van der Waals surface area contributed by atoms with Crippen LogP contribution in [0.4, 0.5) is 0 Å². The van der Waals surface area contributed by atoms with Crippen molar-refractivity contribution >= 4 is 22.6 Å². The third-order valence-corrected chi connectivity index (χ3v) is 5.87. The van der Waals surface area contributed by atoms with Gasteiger partial charge in [-0.05, 0) is 36.2 Å². The molecule has 4 heteroatoms. The van der Waals surface area contributed by atoms with Gasteiger partial charge in [-0.25, -0.2) is 8.51 Å². The molecule has 0 N–H and O–H groups in total. The summed E-state index contributed by atoms with van der Waals surface area (Å²) >= 11 is 6.10. The molecule has 0 aromatic heterocycles. The molecular formula is C21H20ClNOS. The first kappa shape index (κ1) is 17.9. The molecule has 3 aromatic rings. The van der Waals surface area contributed by atoms with Crippen molar-refractivity contribution in [3.05, 3.63) is 101 Å². The van der Waals surface area contributed by atoms with Gasteiger partial charge in [0.05, 0.1) is 4.90 Å². The first-order valence-corrected chi connectivity index (χ1v) is 9.66. The van der Waals surface area contributed by atoms with Crippen molar-refractivity contribution in [2.75, 3.05) is 0 Å². The van der Waals surface area contributed by atoms with Gasteiger partial charge in [-0.3, -0.25) is 0 Å². The molecule has 3 rings (SSSR count). The van der Waals surface area contributed by atoms with Crippen LogP contribution in [0.15, 0.2) is 89.8 Å². The smallest absolute Gasteiger partial charge is 0.128 e. The maximum absolute atomic E-state index is 13.3. The van der Waals surface area contributed by atoms with E-state index in [-0.39, 0.29) is 6.04 Å². The molecule has 128 valence electrons. The number of benzene rings is 3. The van der Waals surface area contributed by atoms with E-state index in [1.165, 1.54) is 0 Å². The minimum atomic E-state index is -1.31. The van der Waals surface area contributed by atoms with E-state index in [0.29, 0.717) is 16.5 Å². The molecule has 0 bridgehead atoms. The summed E-state index contributed by atoms with van der Waals surface area (Å²) in [7, 11) is -1.31. The summed E-state index contributed by atoms with van der Waals surface area (Å²) in [5, 5.41) is 0.595. The molecule has 0 amide bonds. The molecule has 0 aliphatic heterocycles. The van der Waals surface area contributed by atoms with Crippen LogP contribution in [0, 0.1) is 0 Å². The predicted octanol–water partition coefficient (Wildman–Crippen LogP) is 5.63. The van der Waals surface area contributed by atoms with Gasteiger partial charge in [0, 0.05) is 17.6 Å². The molecule has 3 aromatic carbocycles. The zero-order valence-corrected chi connectivity index (χ0v) is 15.6. The summed E-state index contributed by atoms with van der Waals surface area (Å²) in [6, 6.07) is 27.5. The molecule has 0 saturated heterocycles. The second kappa shape index (κ2) is 8.43. The van der Waals surface area contributed by atoms with Gasteiger partial charge in [0.25, 0.3) is 0 Å². The standard InChI is InChI=1S/C21H20ClNOS/c1-17(19-11-6-3-7-12-19)23(16-18-9-4-2-5-10-18)25(24)21-14-8-13-20(22)15-21/h2-15,17H,16H2,1H3/t17-,25?/m1/s1. The Balaban J connectivity index is 1.95. The summed E-state index contributed by atoms with van der Waals surface area (Å²) < 4.78 is 15.3. The van der Waals surface area contributed by atoms with Crippen LogP contribution in [0.2, 0.25) is 5.02 Å². The fourth-order valence-electron chi connectivity index (χ4n) is 2.71. The minimum Gasteiger partial charge on any atom is -0.237 e. The highest BCUT2D eigenvalue weighted by molar-refractivity contribution is 7.82. The fraction of sp³-hybridized carbons (Fsp3) is 0.143. The molecule has 0 aliphatic rings. The Bertz CT molecular complexity index is 839. The predicted molar refractivity (Wildman–Crippen MR) is 105 cm³/mol. The van der Waals surface area contributed by atoms with Crippen LogP contribution in [-0.2, 0) is 17.5 Å². The van der Waals surface area contributed by atoms with Crippen molar-refractivity contribution < 1.29 is 4.21 Å². The Hall–Kier alpha value is -1.94. The highest BCUT2D eigenvalue weighted by Gasteiger charge is 2.23. The number of nitrogens with zero attached hydrogens (tertiary/aromatic N) is 1. The summed E-state index contributed by atoms with van der Waals surface area (Å²) in [4.78, 5) is 0.714. The van der Waals surface area contributed by atoms with E-state index in [1.807, 2.05) is 52.8 Å². The zero-order valence-electron chi connectivity index (χ0n) is 14.0. The summed E-state index contributed by atoms with van der Waals surface area (Å²) in [6.45, 7) is 2.68. The van der Waals surface area contributed by atoms with E-state index in [2.05, 4.69) is 31.2 Å². The van der Waals surface area contributed by atoms with E-state index in [0.717, 1.165) is 11.1 Å². The van der Waals surface area contributed by atoms with Crippen LogP contribution < -0.4 is 0 Å². The van der Waals surface area contributed by atoms with Crippen LogP contribution in [0.5, 0.6) is 0 Å². The van der Waals surface area contributed by atoms with E-state index in [9.17, 15) is 4.21 Å². The molecular weight excluding hydrogens is 350 g/mol. The van der Waals surface area contributed by atoms with E-state index >= 15 is 0 Å². The van der Waals surface area contributed by atoms with Gasteiger partial charge in [-0.2, -0.15) is 0 Å². The minimum absolute atomic E-state index is 0.00113. The van der Waals surface area contributed by atoms with Gasteiger partial charge in [0.1, 0.15) is 11.0 Å². The molecule has 0 spiro atoms. The van der Waals surface area contributed by atoms with Crippen molar-refractivity contribution in [3.63, 3.8) is 0 Å². The first-order valence-electron chi connectivity index (χ1n) is 8.18. The Morgan fingerprint density at radius 1 is 0.920 bits per heavy atom. The average molecular weight is 370 g/mol. The van der Waals surface area contributed by atoms with E-state index in [4.69, 9.17) is 11.6 Å². The van der Waals surface area contributed by atoms with E-state index in [1.54, 1.807) is 12.1 Å². The number of hydrogen-bond donors (Lipinski definition) is 0. The number of rotatable bonds is 6. The molecule has 25 heavy (non-hydrogen) atoms. The Morgan fingerprint density at radius 3 is 2.20 bits per heavy atom. The van der Waals surface area contributed by atoms with Crippen molar-refractivity contribution in [3.8, 4) is 0 Å². The quantitative estimate of drug-likeness (QED) is 0.551. The Kier molecular flexibility index (Phi) is 6.03. The van der Waals surface area contributed by atoms with Crippen molar-refractivity contribution in [1.82, 2.24) is 4.31 Å². The lowest BCUT2D eigenvalue weighted by molar-refractivity contribution is 0.358. The lowest BCUT2D eigenvalue weighted by Crippen LogP contribution is -2.29. The topological polar surface area (TPSA) is 20.3 Å². The van der Waals surface area contributed by atoms with Gasteiger partial charge in [-0.1, -0.05) is 78.3 Å². The largest absolute Gasteiger partial charge is 0.237 e. The highest BCUT2D eigenvalue weighted by Crippen LogP contribution is 2.27. The molecule has 2 atom stereocenters. The fourth-order valence-corrected chi connectivity index (χ4v) is 4.34. The van der Waals surface area contributed by atoms with Crippen LogP contribution in [0.3, 0.4) is 0 Å². The van der Waals surface area contributed by atoms with Crippen molar-refractivity contribution in [2.24, 2.45) is 0 Å². The van der Waals surface area contributed by atoms with Crippen LogP contribution in [0.25, 0.3) is 0 Å². The van der Waals surface area contributed by atoms with Gasteiger partial charge >= 0.3 is 0 Å². The van der Waals surface area contributed by atoms with Crippen molar-refractivity contribution in [2.45, 2.75) is 24.4 Å². The van der Waals surface area contributed by atoms with Gasteiger partial charge in [0.2, 0.25) is 0 Å². The van der Waals surface area contributed by atoms with Crippen LogP contribution in [0.1, 0.15) is 24.1 Å². The molecule has 0 saturated carbocycles. The summed E-state index contributed by atoms with van der Waals surface area (Å²) in [6.07, 6.45) is 0. The second-order valence-corrected chi connectivity index (χ2v) is 7.73. The molecule has 0 heterocycles. The van der Waals surface area contributed by atoms with E-state index < -0.39 is 11.0 Å². The van der Waals surface area contributed by atoms with Gasteiger partial charge in [0.15, 0.2) is 0 Å². The molecule has 2 nitrogen and oxygen atoms in total. The molecule has 0 aliphatic carbocycles. The normalized spacial score (nSPS) is 13.6. The first-order chi connectivity index (χ1) is 12.1. The average Bonchev–Trinajstić information content (AvgIpc) is 2.66. The molecule has 0 radical (unpaired) electrons. The third kappa shape index (κ3) is 4.57. The van der Waals surface area contributed by atoms with Gasteiger partial charge < -0.3 is 0 Å².